The Balaban J connectivity index is 1.52. The summed E-state index contributed by atoms with van der Waals surface area (Å²) in [5.41, 5.74) is 0.638. The van der Waals surface area contributed by atoms with Crippen LogP contribution in [0.2, 0.25) is 0 Å². The van der Waals surface area contributed by atoms with Crippen LogP contribution < -0.4 is 10.6 Å². The smallest absolute Gasteiger partial charge is 0.191 e. The number of likely N-dealkylation sites (tertiary alicyclic amines) is 1. The van der Waals surface area contributed by atoms with E-state index in [9.17, 15) is 5.11 Å². The van der Waals surface area contributed by atoms with Crippen molar-refractivity contribution in [3.63, 3.8) is 0 Å². The largest absolute Gasteiger partial charge is 0.388 e. The highest BCUT2D eigenvalue weighted by molar-refractivity contribution is 5.79. The van der Waals surface area contributed by atoms with Crippen molar-refractivity contribution in [2.45, 2.75) is 50.8 Å². The molecule has 0 aromatic heterocycles. The van der Waals surface area contributed by atoms with Crippen LogP contribution >= 0.6 is 0 Å². The number of ether oxygens (including phenoxy) is 1. The molecule has 0 amide bonds. The average molecular weight is 375 g/mol. The van der Waals surface area contributed by atoms with Gasteiger partial charge in [0.1, 0.15) is 0 Å². The molecule has 0 bridgehead atoms. The minimum absolute atomic E-state index is 0.421. The maximum Gasteiger partial charge on any atom is 0.191 e. The minimum Gasteiger partial charge on any atom is -0.388 e. The third-order valence-electron chi connectivity index (χ3n) is 5.53. The summed E-state index contributed by atoms with van der Waals surface area (Å²) in [6, 6.07) is 11.2. The summed E-state index contributed by atoms with van der Waals surface area (Å²) >= 11 is 0. The van der Waals surface area contributed by atoms with Gasteiger partial charge in [-0.2, -0.15) is 0 Å². The molecule has 6 heteroatoms. The standard InChI is InChI=1S/C21H34N4O2/c1-2-22-20(24-17-21(26)10-13-27-14-11-21)23-15-19-9-6-12-25(19)16-18-7-4-3-5-8-18/h3-5,7-8,19,26H,2,6,9-17H2,1H3,(H2,22,23,24). The predicted molar refractivity (Wildman–Crippen MR) is 109 cm³/mol. The van der Waals surface area contributed by atoms with E-state index in [0.29, 0.717) is 38.6 Å². The number of aliphatic hydroxyl groups is 1. The van der Waals surface area contributed by atoms with E-state index in [-0.39, 0.29) is 0 Å². The molecule has 1 atom stereocenters. The first-order valence-corrected chi connectivity index (χ1v) is 10.3. The Morgan fingerprint density at radius 1 is 1.26 bits per heavy atom. The molecule has 150 valence electrons. The second-order valence-corrected chi connectivity index (χ2v) is 7.66. The molecule has 0 saturated carbocycles. The molecule has 3 N–H and O–H groups in total. The van der Waals surface area contributed by atoms with Gasteiger partial charge in [-0.05, 0) is 31.9 Å². The molecule has 6 nitrogen and oxygen atoms in total. The van der Waals surface area contributed by atoms with Crippen LogP contribution in [-0.2, 0) is 11.3 Å². The number of nitrogens with zero attached hydrogens (tertiary/aromatic N) is 2. The van der Waals surface area contributed by atoms with Gasteiger partial charge in [0, 0.05) is 51.7 Å². The van der Waals surface area contributed by atoms with Crippen molar-refractivity contribution in [1.82, 2.24) is 15.5 Å². The fourth-order valence-electron chi connectivity index (χ4n) is 3.84. The van der Waals surface area contributed by atoms with Crippen LogP contribution in [0.5, 0.6) is 0 Å². The zero-order valence-corrected chi connectivity index (χ0v) is 16.5. The van der Waals surface area contributed by atoms with Crippen LogP contribution in [-0.4, -0.2) is 67.0 Å². The maximum absolute atomic E-state index is 10.6. The third kappa shape index (κ3) is 6.19. The van der Waals surface area contributed by atoms with Gasteiger partial charge in [-0.1, -0.05) is 30.3 Å². The molecule has 0 radical (unpaired) electrons. The second kappa shape index (κ2) is 10.1. The number of aliphatic imine (C=N–C) groups is 1. The fraction of sp³-hybridized carbons (Fsp3) is 0.667. The van der Waals surface area contributed by atoms with E-state index < -0.39 is 5.60 Å². The van der Waals surface area contributed by atoms with E-state index in [0.717, 1.165) is 32.1 Å². The maximum atomic E-state index is 10.6. The minimum atomic E-state index is -0.729. The van der Waals surface area contributed by atoms with Gasteiger partial charge >= 0.3 is 0 Å². The lowest BCUT2D eigenvalue weighted by atomic mass is 9.95. The number of benzene rings is 1. The van der Waals surface area contributed by atoms with Crippen LogP contribution in [0.25, 0.3) is 0 Å². The first-order valence-electron chi connectivity index (χ1n) is 10.3. The summed E-state index contributed by atoms with van der Waals surface area (Å²) in [6.45, 7) is 7.56. The quantitative estimate of drug-likeness (QED) is 0.501. The molecular formula is C21H34N4O2. The summed E-state index contributed by atoms with van der Waals surface area (Å²) in [4.78, 5) is 7.20. The van der Waals surface area contributed by atoms with E-state index in [4.69, 9.17) is 4.74 Å². The molecule has 0 spiro atoms. The van der Waals surface area contributed by atoms with Gasteiger partial charge in [-0.25, -0.2) is 0 Å². The number of hydrogen-bond acceptors (Lipinski definition) is 4. The van der Waals surface area contributed by atoms with Gasteiger partial charge in [0.15, 0.2) is 5.96 Å². The zero-order valence-electron chi connectivity index (χ0n) is 16.5. The predicted octanol–water partition coefficient (Wildman–Crippen LogP) is 1.75. The third-order valence-corrected chi connectivity index (χ3v) is 5.53. The summed E-state index contributed by atoms with van der Waals surface area (Å²) in [7, 11) is 0. The van der Waals surface area contributed by atoms with Gasteiger partial charge in [0.05, 0.1) is 12.1 Å². The number of rotatable bonds is 7. The van der Waals surface area contributed by atoms with E-state index in [1.807, 2.05) is 0 Å². The van der Waals surface area contributed by atoms with E-state index in [1.165, 1.54) is 18.4 Å². The number of hydrogen-bond donors (Lipinski definition) is 3. The highest BCUT2D eigenvalue weighted by atomic mass is 16.5. The van der Waals surface area contributed by atoms with Crippen LogP contribution in [0.1, 0.15) is 38.2 Å². The summed E-state index contributed by atoms with van der Waals surface area (Å²) in [6.07, 6.45) is 3.76. The summed E-state index contributed by atoms with van der Waals surface area (Å²) < 4.78 is 5.35. The number of nitrogens with one attached hydrogen (secondary N) is 2. The highest BCUT2D eigenvalue weighted by Gasteiger charge is 2.30. The van der Waals surface area contributed by atoms with Crippen LogP contribution in [0, 0.1) is 0 Å². The fourth-order valence-corrected chi connectivity index (χ4v) is 3.84. The van der Waals surface area contributed by atoms with Crippen molar-refractivity contribution in [2.75, 3.05) is 39.4 Å². The molecule has 2 fully saturated rings. The van der Waals surface area contributed by atoms with Crippen molar-refractivity contribution in [2.24, 2.45) is 4.99 Å². The van der Waals surface area contributed by atoms with Gasteiger partial charge in [0.25, 0.3) is 0 Å². The molecule has 2 saturated heterocycles. The van der Waals surface area contributed by atoms with E-state index in [2.05, 4.69) is 57.8 Å². The van der Waals surface area contributed by atoms with Crippen LogP contribution in [0.4, 0.5) is 0 Å². The Kier molecular flexibility index (Phi) is 7.50. The lowest BCUT2D eigenvalue weighted by Crippen LogP contribution is -2.46. The van der Waals surface area contributed by atoms with E-state index >= 15 is 0 Å². The van der Waals surface area contributed by atoms with Crippen LogP contribution in [0.15, 0.2) is 35.3 Å². The molecule has 2 aliphatic rings. The lowest BCUT2D eigenvalue weighted by molar-refractivity contribution is -0.0566. The van der Waals surface area contributed by atoms with Gasteiger partial charge in [0.2, 0.25) is 0 Å². The first-order chi connectivity index (χ1) is 13.2. The molecule has 2 aliphatic heterocycles. The second-order valence-electron chi connectivity index (χ2n) is 7.66. The Morgan fingerprint density at radius 3 is 2.78 bits per heavy atom. The average Bonchev–Trinajstić information content (AvgIpc) is 3.12. The summed E-state index contributed by atoms with van der Waals surface area (Å²) in [5.74, 6) is 0.795. The first kappa shape index (κ1) is 20.1. The molecular weight excluding hydrogens is 340 g/mol. The Hall–Kier alpha value is -1.63. The lowest BCUT2D eigenvalue weighted by Gasteiger charge is -2.31. The molecule has 3 rings (SSSR count). The molecule has 1 aromatic carbocycles. The Morgan fingerprint density at radius 2 is 2.04 bits per heavy atom. The van der Waals surface area contributed by atoms with Crippen molar-refractivity contribution in [3.05, 3.63) is 35.9 Å². The Bertz CT molecular complexity index is 587. The molecule has 27 heavy (non-hydrogen) atoms. The van der Waals surface area contributed by atoms with E-state index in [1.54, 1.807) is 0 Å². The van der Waals surface area contributed by atoms with Crippen molar-refractivity contribution < 1.29 is 9.84 Å². The zero-order chi connectivity index (χ0) is 19.0. The van der Waals surface area contributed by atoms with Gasteiger partial charge in [-0.15, -0.1) is 0 Å². The monoisotopic (exact) mass is 374 g/mol. The number of guanidine groups is 1. The van der Waals surface area contributed by atoms with Gasteiger partial charge in [-0.3, -0.25) is 9.89 Å². The molecule has 0 aliphatic carbocycles. The Labute approximate surface area is 163 Å². The van der Waals surface area contributed by atoms with Gasteiger partial charge < -0.3 is 20.5 Å². The topological polar surface area (TPSA) is 69.1 Å². The summed E-state index contributed by atoms with van der Waals surface area (Å²) in [5, 5.41) is 17.4. The van der Waals surface area contributed by atoms with Crippen molar-refractivity contribution in [1.29, 1.82) is 0 Å². The van der Waals surface area contributed by atoms with Crippen molar-refractivity contribution in [3.8, 4) is 0 Å². The molecule has 1 aromatic rings. The molecule has 2 heterocycles. The highest BCUT2D eigenvalue weighted by Crippen LogP contribution is 2.21. The SMILES string of the molecule is CCNC(=NCC1(O)CCOCC1)NCC1CCCN1Cc1ccccc1. The normalized spacial score (nSPS) is 23.3. The molecule has 1 unspecified atom stereocenters. The van der Waals surface area contributed by atoms with Crippen LogP contribution in [0.3, 0.4) is 0 Å². The van der Waals surface area contributed by atoms with Crippen molar-refractivity contribution >= 4 is 5.96 Å².